The molecule has 4 aliphatic rings. The summed E-state index contributed by atoms with van der Waals surface area (Å²) in [6.45, 7) is 2.14. The van der Waals surface area contributed by atoms with Crippen molar-refractivity contribution in [3.05, 3.63) is 70.5 Å². The van der Waals surface area contributed by atoms with Crippen molar-refractivity contribution in [2.75, 3.05) is 26.2 Å². The largest absolute Gasteiger partial charge is 0.413 e. The number of nitrogens with zero attached hydrogens (tertiary/aromatic N) is 4. The number of hydrogen-bond acceptors (Lipinski definition) is 6. The third kappa shape index (κ3) is 5.43. The number of hydrogen-bond donors (Lipinski definition) is 0. The highest BCUT2D eigenvalue weighted by atomic mass is 35.5. The zero-order valence-electron chi connectivity index (χ0n) is 20.5. The van der Waals surface area contributed by atoms with Crippen LogP contribution in [0, 0.1) is 0 Å². The van der Waals surface area contributed by atoms with Crippen LogP contribution in [0.3, 0.4) is 0 Å². The van der Waals surface area contributed by atoms with Gasteiger partial charge in [-0.05, 0) is 43.5 Å². The quantitative estimate of drug-likeness (QED) is 0.370. The van der Waals surface area contributed by atoms with E-state index in [9.17, 15) is 18.0 Å². The summed E-state index contributed by atoms with van der Waals surface area (Å²) < 4.78 is 43.0. The zero-order chi connectivity index (χ0) is 26.0. The minimum absolute atomic E-state index is 0.390. The maximum atomic E-state index is 14.3. The Morgan fingerprint density at radius 1 is 1.11 bits per heavy atom. The van der Waals surface area contributed by atoms with Crippen LogP contribution in [0.25, 0.3) is 0 Å². The average Bonchev–Trinajstić information content (AvgIpc) is 3.31. The lowest BCUT2D eigenvalue weighted by Gasteiger charge is -2.51. The van der Waals surface area contributed by atoms with Crippen molar-refractivity contribution < 1.29 is 22.8 Å². The number of hydrazine groups is 1. The highest BCUT2D eigenvalue weighted by molar-refractivity contribution is 6.31. The van der Waals surface area contributed by atoms with E-state index < -0.39 is 17.8 Å². The third-order valence-corrected chi connectivity index (χ3v) is 7.73. The van der Waals surface area contributed by atoms with E-state index in [1.165, 1.54) is 23.2 Å². The van der Waals surface area contributed by atoms with Crippen molar-refractivity contribution in [1.29, 1.82) is 0 Å². The molecule has 0 saturated carbocycles. The smallest absolute Gasteiger partial charge is 0.388 e. The van der Waals surface area contributed by atoms with E-state index in [1.54, 1.807) is 17.2 Å². The monoisotopic (exact) mass is 534 g/mol. The molecule has 10 heteroatoms. The van der Waals surface area contributed by atoms with Crippen LogP contribution in [0.2, 0.25) is 5.02 Å². The number of piperidine rings is 2. The first-order valence-corrected chi connectivity index (χ1v) is 13.1. The molecule has 1 atom stereocenters. The summed E-state index contributed by atoms with van der Waals surface area (Å²) in [5.74, 6) is 0.516. The van der Waals surface area contributed by atoms with Crippen LogP contribution in [0.4, 0.5) is 13.2 Å². The molecule has 37 heavy (non-hydrogen) atoms. The molecule has 0 radical (unpaired) electrons. The standard InChI is InChI=1S/C27H30ClF3N4O2/c28-22-8-4-6-21(18-22)23-19-26(37-32-23)11-15-34(16-12-26)35-24(27(29,30)31)10-9-20(7-5-17-36)25(35)33-13-2-1-3-14-33/h4-10,17-18,24H,1-3,11-16,19H2/b7-5+. The van der Waals surface area contributed by atoms with Gasteiger partial charge in [0.05, 0.1) is 5.71 Å². The van der Waals surface area contributed by atoms with E-state index in [1.807, 2.05) is 23.1 Å². The SMILES string of the molecule is O=C/C=C/C1=C(N2CCCCC2)N(N2CCC3(CC2)CC(c2cccc(Cl)c2)=NO3)C(C(F)(F)F)C=C1. The summed E-state index contributed by atoms with van der Waals surface area (Å²) in [6.07, 6.45) is 6.37. The summed E-state index contributed by atoms with van der Waals surface area (Å²) in [6, 6.07) is 5.65. The minimum Gasteiger partial charge on any atom is -0.388 e. The first-order chi connectivity index (χ1) is 17.8. The molecular weight excluding hydrogens is 505 g/mol. The predicted molar refractivity (Wildman–Crippen MR) is 136 cm³/mol. The second kappa shape index (κ2) is 10.5. The molecule has 0 amide bonds. The lowest BCUT2D eigenvalue weighted by atomic mass is 9.86. The molecule has 1 aromatic carbocycles. The van der Waals surface area contributed by atoms with E-state index in [0.717, 1.165) is 30.5 Å². The lowest BCUT2D eigenvalue weighted by molar-refractivity contribution is -0.215. The summed E-state index contributed by atoms with van der Waals surface area (Å²) in [7, 11) is 0. The molecule has 0 aromatic heterocycles. The van der Waals surface area contributed by atoms with Gasteiger partial charge in [-0.3, -0.25) is 9.80 Å². The van der Waals surface area contributed by atoms with Gasteiger partial charge in [0.15, 0.2) is 6.04 Å². The van der Waals surface area contributed by atoms with Gasteiger partial charge in [0, 0.05) is 61.6 Å². The number of oxime groups is 1. The van der Waals surface area contributed by atoms with Gasteiger partial charge < -0.3 is 9.74 Å². The molecule has 2 saturated heterocycles. The fraction of sp³-hybridized carbons (Fsp3) is 0.481. The topological polar surface area (TPSA) is 48.4 Å². The lowest BCUT2D eigenvalue weighted by Crippen LogP contribution is -2.60. The Morgan fingerprint density at radius 3 is 2.54 bits per heavy atom. The van der Waals surface area contributed by atoms with E-state index in [2.05, 4.69) is 5.16 Å². The van der Waals surface area contributed by atoms with Crippen molar-refractivity contribution in [1.82, 2.24) is 14.9 Å². The van der Waals surface area contributed by atoms with Crippen LogP contribution in [0.5, 0.6) is 0 Å². The third-order valence-electron chi connectivity index (χ3n) is 7.49. The Kier molecular flexibility index (Phi) is 7.36. The van der Waals surface area contributed by atoms with Gasteiger partial charge >= 0.3 is 6.18 Å². The van der Waals surface area contributed by atoms with Gasteiger partial charge in [0.1, 0.15) is 17.7 Å². The predicted octanol–water partition coefficient (Wildman–Crippen LogP) is 5.47. The maximum absolute atomic E-state index is 14.3. The second-order valence-electron chi connectivity index (χ2n) is 9.97. The Morgan fingerprint density at radius 2 is 1.86 bits per heavy atom. The molecule has 4 heterocycles. The molecule has 0 N–H and O–H groups in total. The number of allylic oxidation sites excluding steroid dienone is 4. The summed E-state index contributed by atoms with van der Waals surface area (Å²) in [4.78, 5) is 19.0. The van der Waals surface area contributed by atoms with Gasteiger partial charge in [-0.15, -0.1) is 0 Å². The molecule has 1 unspecified atom stereocenters. The van der Waals surface area contributed by atoms with Crippen LogP contribution >= 0.6 is 11.6 Å². The number of rotatable bonds is 5. The van der Waals surface area contributed by atoms with E-state index in [4.69, 9.17) is 16.4 Å². The zero-order valence-corrected chi connectivity index (χ0v) is 21.2. The fourth-order valence-electron chi connectivity index (χ4n) is 5.61. The summed E-state index contributed by atoms with van der Waals surface area (Å²) in [5, 5.41) is 8.15. The number of alkyl halides is 3. The maximum Gasteiger partial charge on any atom is 0.413 e. The van der Waals surface area contributed by atoms with Crippen LogP contribution in [-0.4, -0.2) is 70.9 Å². The number of benzene rings is 1. The van der Waals surface area contributed by atoms with Crippen LogP contribution in [0.1, 0.15) is 44.1 Å². The Bertz CT molecular complexity index is 1130. The molecule has 0 bridgehead atoms. The van der Waals surface area contributed by atoms with Gasteiger partial charge in [-0.25, -0.2) is 5.01 Å². The van der Waals surface area contributed by atoms with Crippen LogP contribution in [0.15, 0.2) is 65.1 Å². The summed E-state index contributed by atoms with van der Waals surface area (Å²) in [5.41, 5.74) is 1.77. The van der Waals surface area contributed by atoms with E-state index in [0.29, 0.717) is 68.1 Å². The number of halogens is 4. The number of carbonyl (C=O) groups excluding carboxylic acids is 1. The molecule has 1 spiro atoms. The van der Waals surface area contributed by atoms with Crippen molar-refractivity contribution in [2.24, 2.45) is 5.16 Å². The van der Waals surface area contributed by atoms with Gasteiger partial charge in [-0.2, -0.15) is 13.2 Å². The Labute approximate surface area is 219 Å². The highest BCUT2D eigenvalue weighted by Gasteiger charge is 2.50. The molecule has 198 valence electrons. The average molecular weight is 535 g/mol. The second-order valence-corrected chi connectivity index (χ2v) is 10.4. The Balaban J connectivity index is 1.39. The highest BCUT2D eigenvalue weighted by Crippen LogP contribution is 2.41. The van der Waals surface area contributed by atoms with Gasteiger partial charge in [0.2, 0.25) is 0 Å². The molecule has 6 nitrogen and oxygen atoms in total. The van der Waals surface area contributed by atoms with Gasteiger partial charge in [0.25, 0.3) is 0 Å². The molecule has 4 aliphatic heterocycles. The van der Waals surface area contributed by atoms with Gasteiger partial charge in [-0.1, -0.05) is 41.0 Å². The first kappa shape index (κ1) is 25.9. The van der Waals surface area contributed by atoms with E-state index >= 15 is 0 Å². The van der Waals surface area contributed by atoms with Crippen molar-refractivity contribution in [3.8, 4) is 0 Å². The fourth-order valence-corrected chi connectivity index (χ4v) is 5.80. The molecular formula is C27H30ClF3N4O2. The number of carbonyl (C=O) groups is 1. The normalized spacial score (nSPS) is 24.6. The van der Waals surface area contributed by atoms with Crippen LogP contribution < -0.4 is 0 Å². The number of likely N-dealkylation sites (tertiary alicyclic amines) is 1. The molecule has 0 aliphatic carbocycles. The minimum atomic E-state index is -4.46. The van der Waals surface area contributed by atoms with Crippen molar-refractivity contribution >= 4 is 23.6 Å². The summed E-state index contributed by atoms with van der Waals surface area (Å²) >= 11 is 6.14. The number of aldehydes is 1. The van der Waals surface area contributed by atoms with E-state index in [-0.39, 0.29) is 0 Å². The van der Waals surface area contributed by atoms with Crippen molar-refractivity contribution in [2.45, 2.75) is 56.3 Å². The van der Waals surface area contributed by atoms with Crippen LogP contribution in [-0.2, 0) is 9.63 Å². The van der Waals surface area contributed by atoms with Crippen molar-refractivity contribution in [3.63, 3.8) is 0 Å². The molecule has 2 fully saturated rings. The molecule has 1 aromatic rings. The molecule has 5 rings (SSSR count). The first-order valence-electron chi connectivity index (χ1n) is 12.7. The Hall–Kier alpha value is -2.78.